The highest BCUT2D eigenvalue weighted by Gasteiger charge is 2.28. The largest absolute Gasteiger partial charge is 0.348 e. The molecule has 0 aliphatic carbocycles. The molecule has 3 aromatic rings. The average molecular weight is 361 g/mol. The molecule has 0 bridgehead atoms. The van der Waals surface area contributed by atoms with Gasteiger partial charge in [-0.25, -0.2) is 14.9 Å². The van der Waals surface area contributed by atoms with Gasteiger partial charge in [0.25, 0.3) is 5.91 Å². The van der Waals surface area contributed by atoms with E-state index in [2.05, 4.69) is 20.2 Å². The zero-order chi connectivity index (χ0) is 17.6. The van der Waals surface area contributed by atoms with Crippen molar-refractivity contribution in [2.75, 3.05) is 13.1 Å². The fourth-order valence-corrected chi connectivity index (χ4v) is 3.58. The highest BCUT2D eigenvalue weighted by molar-refractivity contribution is 6.33. The van der Waals surface area contributed by atoms with Crippen LogP contribution in [0.2, 0.25) is 5.15 Å². The van der Waals surface area contributed by atoms with Crippen LogP contribution in [0.25, 0.3) is 10.9 Å². The topological polar surface area (TPSA) is 99.7 Å². The number of H-pyrrole nitrogens is 2. The summed E-state index contributed by atoms with van der Waals surface area (Å²) in [6.07, 6.45) is 3.16. The number of aromatic nitrogens is 5. The maximum Gasteiger partial charge on any atom is 0.343 e. The van der Waals surface area contributed by atoms with Gasteiger partial charge in [0.05, 0.1) is 5.52 Å². The summed E-state index contributed by atoms with van der Waals surface area (Å²) < 4.78 is 1.54. The van der Waals surface area contributed by atoms with E-state index < -0.39 is 0 Å². The Kier molecular flexibility index (Phi) is 3.84. The molecule has 2 N–H and O–H groups in total. The van der Waals surface area contributed by atoms with Crippen LogP contribution in [0, 0.1) is 0 Å². The van der Waals surface area contributed by atoms with Crippen LogP contribution in [0.1, 0.15) is 35.1 Å². The van der Waals surface area contributed by atoms with Crippen LogP contribution < -0.4 is 5.69 Å². The molecule has 9 heteroatoms. The molecule has 4 heterocycles. The van der Waals surface area contributed by atoms with E-state index in [1.165, 1.54) is 4.57 Å². The Labute approximate surface area is 147 Å². The number of nitrogens with zero attached hydrogens (tertiary/aromatic N) is 4. The fraction of sp³-hybridized carbons (Fsp3) is 0.375. The van der Waals surface area contributed by atoms with E-state index in [1.54, 1.807) is 19.3 Å². The normalized spacial score (nSPS) is 15.8. The summed E-state index contributed by atoms with van der Waals surface area (Å²) in [4.78, 5) is 33.2. The van der Waals surface area contributed by atoms with E-state index in [0.29, 0.717) is 29.5 Å². The van der Waals surface area contributed by atoms with Gasteiger partial charge in [0, 0.05) is 37.6 Å². The number of piperidine rings is 1. The lowest BCUT2D eigenvalue weighted by Crippen LogP contribution is -2.38. The third kappa shape index (κ3) is 2.72. The molecule has 3 aromatic heterocycles. The van der Waals surface area contributed by atoms with Gasteiger partial charge in [-0.15, -0.1) is 0 Å². The monoisotopic (exact) mass is 360 g/mol. The Hall–Kier alpha value is -2.61. The highest BCUT2D eigenvalue weighted by atomic mass is 35.5. The maximum atomic E-state index is 12.7. The molecule has 25 heavy (non-hydrogen) atoms. The summed E-state index contributed by atoms with van der Waals surface area (Å²) in [5.41, 5.74) is 0.974. The number of halogens is 1. The molecule has 0 unspecified atom stereocenters. The first-order valence-electron chi connectivity index (χ1n) is 8.08. The van der Waals surface area contributed by atoms with E-state index in [9.17, 15) is 9.59 Å². The number of pyridine rings is 1. The lowest BCUT2D eigenvalue weighted by atomic mass is 9.96. The summed E-state index contributed by atoms with van der Waals surface area (Å²) in [6.45, 7) is 1.23. The number of carbonyl (C=O) groups excluding carboxylic acids is 1. The fourth-order valence-electron chi connectivity index (χ4n) is 3.37. The number of nitrogens with one attached hydrogen (secondary N) is 2. The molecule has 1 aliphatic heterocycles. The Bertz CT molecular complexity index is 996. The predicted molar refractivity (Wildman–Crippen MR) is 92.8 cm³/mol. The zero-order valence-corrected chi connectivity index (χ0v) is 14.4. The zero-order valence-electron chi connectivity index (χ0n) is 13.6. The number of likely N-dealkylation sites (tertiary alicyclic amines) is 1. The van der Waals surface area contributed by atoms with Crippen molar-refractivity contribution in [2.45, 2.75) is 18.8 Å². The Morgan fingerprint density at radius 1 is 1.36 bits per heavy atom. The summed E-state index contributed by atoms with van der Waals surface area (Å²) in [7, 11) is 1.71. The van der Waals surface area contributed by atoms with Crippen LogP contribution >= 0.6 is 11.6 Å². The van der Waals surface area contributed by atoms with Crippen molar-refractivity contribution in [3.63, 3.8) is 0 Å². The van der Waals surface area contributed by atoms with Gasteiger partial charge in [-0.3, -0.25) is 9.36 Å². The number of rotatable bonds is 2. The average Bonchev–Trinajstić information content (AvgIpc) is 3.20. The number of hydrogen-bond acceptors (Lipinski definition) is 4. The molecule has 0 saturated carbocycles. The first-order chi connectivity index (χ1) is 12.0. The Morgan fingerprint density at radius 3 is 2.76 bits per heavy atom. The molecular weight excluding hydrogens is 344 g/mol. The van der Waals surface area contributed by atoms with Crippen LogP contribution in [0.3, 0.4) is 0 Å². The molecule has 1 aliphatic rings. The van der Waals surface area contributed by atoms with Crippen molar-refractivity contribution >= 4 is 28.4 Å². The number of hydrogen-bond donors (Lipinski definition) is 2. The quantitative estimate of drug-likeness (QED) is 0.679. The van der Waals surface area contributed by atoms with Gasteiger partial charge in [0.15, 0.2) is 5.15 Å². The third-order valence-corrected chi connectivity index (χ3v) is 5.08. The molecule has 4 rings (SSSR count). The standard InChI is InChI=1S/C16H17ClN6O2/c1-22-14(20-21-16(22)25)9-3-6-23(7-4-9)15(24)11-8-10-2-5-18-13(17)12(10)19-11/h2,5,8-9,19H,3-4,6-7H2,1H3,(H,21,25). The summed E-state index contributed by atoms with van der Waals surface area (Å²) in [5.74, 6) is 0.872. The molecule has 1 saturated heterocycles. The van der Waals surface area contributed by atoms with Gasteiger partial charge in [-0.2, -0.15) is 5.10 Å². The van der Waals surface area contributed by atoms with Crippen molar-refractivity contribution in [1.82, 2.24) is 29.6 Å². The molecular formula is C16H17ClN6O2. The van der Waals surface area contributed by atoms with Gasteiger partial charge in [-0.05, 0) is 25.0 Å². The van der Waals surface area contributed by atoms with E-state index in [0.717, 1.165) is 24.1 Å². The molecule has 8 nitrogen and oxygen atoms in total. The second-order valence-electron chi connectivity index (χ2n) is 6.26. The van der Waals surface area contributed by atoms with E-state index in [-0.39, 0.29) is 17.5 Å². The van der Waals surface area contributed by atoms with Crippen molar-refractivity contribution in [2.24, 2.45) is 7.05 Å². The lowest BCUT2D eigenvalue weighted by Gasteiger charge is -2.31. The molecule has 1 amide bonds. The van der Waals surface area contributed by atoms with Crippen molar-refractivity contribution in [1.29, 1.82) is 0 Å². The lowest BCUT2D eigenvalue weighted by molar-refractivity contribution is 0.0705. The van der Waals surface area contributed by atoms with Gasteiger partial charge < -0.3 is 9.88 Å². The maximum absolute atomic E-state index is 12.7. The SMILES string of the molecule is Cn1c(C2CCN(C(=O)c3cc4ccnc(Cl)c4[nH]3)CC2)n[nH]c1=O. The minimum absolute atomic E-state index is 0.0540. The van der Waals surface area contributed by atoms with Crippen LogP contribution in [0.4, 0.5) is 0 Å². The molecule has 0 aromatic carbocycles. The smallest absolute Gasteiger partial charge is 0.343 e. The van der Waals surface area contributed by atoms with Crippen LogP contribution in [0.5, 0.6) is 0 Å². The van der Waals surface area contributed by atoms with E-state index in [1.807, 2.05) is 11.0 Å². The van der Waals surface area contributed by atoms with Gasteiger partial charge in [-0.1, -0.05) is 11.6 Å². The number of carbonyl (C=O) groups is 1. The number of fused-ring (bicyclic) bond motifs is 1. The van der Waals surface area contributed by atoms with Crippen LogP contribution in [-0.2, 0) is 7.05 Å². The molecule has 130 valence electrons. The van der Waals surface area contributed by atoms with Gasteiger partial charge in [0.2, 0.25) is 0 Å². The predicted octanol–water partition coefficient (Wildman–Crippen LogP) is 1.66. The number of amides is 1. The minimum Gasteiger partial charge on any atom is -0.348 e. The molecule has 0 radical (unpaired) electrons. The highest BCUT2D eigenvalue weighted by Crippen LogP contribution is 2.27. The molecule has 0 atom stereocenters. The Balaban J connectivity index is 1.50. The van der Waals surface area contributed by atoms with Gasteiger partial charge >= 0.3 is 5.69 Å². The second-order valence-corrected chi connectivity index (χ2v) is 6.62. The van der Waals surface area contributed by atoms with Crippen LogP contribution in [0.15, 0.2) is 23.1 Å². The van der Waals surface area contributed by atoms with Crippen molar-refractivity contribution < 1.29 is 4.79 Å². The second kappa shape index (κ2) is 6.03. The van der Waals surface area contributed by atoms with E-state index >= 15 is 0 Å². The summed E-state index contributed by atoms with van der Waals surface area (Å²) >= 11 is 6.06. The van der Waals surface area contributed by atoms with Gasteiger partial charge in [0.1, 0.15) is 11.5 Å². The van der Waals surface area contributed by atoms with Crippen molar-refractivity contribution in [3.8, 4) is 0 Å². The van der Waals surface area contributed by atoms with E-state index in [4.69, 9.17) is 11.6 Å². The minimum atomic E-state index is -0.211. The Morgan fingerprint density at radius 2 is 2.12 bits per heavy atom. The summed E-state index contributed by atoms with van der Waals surface area (Å²) in [6, 6.07) is 3.62. The summed E-state index contributed by atoms with van der Waals surface area (Å²) in [5, 5.41) is 7.79. The first-order valence-corrected chi connectivity index (χ1v) is 8.46. The third-order valence-electron chi connectivity index (χ3n) is 4.79. The first kappa shape index (κ1) is 15.9. The molecule has 0 spiro atoms. The molecule has 1 fully saturated rings. The number of aromatic amines is 2. The van der Waals surface area contributed by atoms with Crippen molar-refractivity contribution in [3.05, 3.63) is 45.5 Å². The van der Waals surface area contributed by atoms with Crippen LogP contribution in [-0.4, -0.2) is 48.6 Å².